The molecule has 5 nitrogen and oxygen atoms in total. The molecule has 0 radical (unpaired) electrons. The largest absolute Gasteiger partial charge is 0.338 e. The van der Waals surface area contributed by atoms with Crippen LogP contribution < -0.4 is 0 Å². The molecule has 2 aromatic carbocycles. The Morgan fingerprint density at radius 1 is 1.04 bits per heavy atom. The molecule has 3 aromatic rings. The van der Waals surface area contributed by atoms with E-state index in [1.165, 1.54) is 12.1 Å². The van der Waals surface area contributed by atoms with Crippen LogP contribution in [-0.2, 0) is 15.6 Å². The second-order valence-electron chi connectivity index (χ2n) is 4.73. The first-order chi connectivity index (χ1) is 10.9. The standard InChI is InChI=1S/C15H10BrFN2O3S/c16-11-3-1-10(2-4-11)15-18-14(22-19-15)9-23(20,21)13-7-5-12(17)6-8-13/h1-8H,9H2. The highest BCUT2D eigenvalue weighted by atomic mass is 79.9. The fourth-order valence-electron chi connectivity index (χ4n) is 1.92. The summed E-state index contributed by atoms with van der Waals surface area (Å²) in [6.07, 6.45) is 0. The van der Waals surface area contributed by atoms with Gasteiger partial charge in [0.05, 0.1) is 4.90 Å². The molecule has 0 amide bonds. The molecule has 0 aliphatic rings. The highest BCUT2D eigenvalue weighted by Gasteiger charge is 2.20. The van der Waals surface area contributed by atoms with Gasteiger partial charge in [-0.1, -0.05) is 21.1 Å². The van der Waals surface area contributed by atoms with E-state index in [1.807, 2.05) is 12.1 Å². The molecular formula is C15H10BrFN2O3S. The van der Waals surface area contributed by atoms with Gasteiger partial charge in [0.1, 0.15) is 11.6 Å². The second kappa shape index (κ2) is 6.21. The Bertz CT molecular complexity index is 922. The van der Waals surface area contributed by atoms with Crippen molar-refractivity contribution in [2.75, 3.05) is 0 Å². The lowest BCUT2D eigenvalue weighted by molar-refractivity contribution is 0.389. The third kappa shape index (κ3) is 3.65. The summed E-state index contributed by atoms with van der Waals surface area (Å²) in [5, 5.41) is 3.78. The van der Waals surface area contributed by atoms with Gasteiger partial charge in [-0.2, -0.15) is 4.98 Å². The van der Waals surface area contributed by atoms with E-state index < -0.39 is 21.4 Å². The zero-order chi connectivity index (χ0) is 16.4. The van der Waals surface area contributed by atoms with E-state index in [9.17, 15) is 12.8 Å². The number of halogens is 2. The Labute approximate surface area is 140 Å². The molecule has 118 valence electrons. The van der Waals surface area contributed by atoms with Gasteiger partial charge in [-0.15, -0.1) is 0 Å². The van der Waals surface area contributed by atoms with E-state index in [0.29, 0.717) is 11.4 Å². The summed E-state index contributed by atoms with van der Waals surface area (Å²) in [5.74, 6) is -0.657. The summed E-state index contributed by atoms with van der Waals surface area (Å²) in [6.45, 7) is 0. The molecule has 8 heteroatoms. The van der Waals surface area contributed by atoms with Crippen molar-refractivity contribution in [1.29, 1.82) is 0 Å². The second-order valence-corrected chi connectivity index (χ2v) is 7.64. The molecule has 0 spiro atoms. The first-order valence-electron chi connectivity index (χ1n) is 6.51. The summed E-state index contributed by atoms with van der Waals surface area (Å²) in [6, 6.07) is 11.8. The van der Waals surface area contributed by atoms with Gasteiger partial charge in [-0.25, -0.2) is 12.8 Å². The van der Waals surface area contributed by atoms with Crippen LogP contribution in [0.2, 0.25) is 0 Å². The summed E-state index contributed by atoms with van der Waals surface area (Å²) in [4.78, 5) is 4.09. The number of sulfone groups is 1. The normalized spacial score (nSPS) is 11.6. The number of aromatic nitrogens is 2. The van der Waals surface area contributed by atoms with Gasteiger partial charge < -0.3 is 4.52 Å². The van der Waals surface area contributed by atoms with Crippen molar-refractivity contribution in [3.8, 4) is 11.4 Å². The van der Waals surface area contributed by atoms with Gasteiger partial charge >= 0.3 is 0 Å². The Hall–Kier alpha value is -2.06. The average Bonchev–Trinajstić information content (AvgIpc) is 2.96. The van der Waals surface area contributed by atoms with Crippen molar-refractivity contribution in [3.05, 3.63) is 64.7 Å². The maximum atomic E-state index is 12.9. The van der Waals surface area contributed by atoms with E-state index >= 15 is 0 Å². The van der Waals surface area contributed by atoms with Crippen LogP contribution in [0.25, 0.3) is 11.4 Å². The molecule has 0 aliphatic carbocycles. The Balaban J connectivity index is 1.83. The third-order valence-corrected chi connectivity index (χ3v) is 5.20. The lowest BCUT2D eigenvalue weighted by Crippen LogP contribution is -2.05. The number of nitrogens with zero attached hydrogens (tertiary/aromatic N) is 2. The first-order valence-corrected chi connectivity index (χ1v) is 8.95. The summed E-state index contributed by atoms with van der Waals surface area (Å²) in [7, 11) is -3.68. The van der Waals surface area contributed by atoms with Crippen molar-refractivity contribution in [3.63, 3.8) is 0 Å². The predicted molar refractivity (Wildman–Crippen MR) is 84.7 cm³/mol. The molecule has 0 unspecified atom stereocenters. The third-order valence-electron chi connectivity index (χ3n) is 3.06. The van der Waals surface area contributed by atoms with Crippen LogP contribution in [0.5, 0.6) is 0 Å². The highest BCUT2D eigenvalue weighted by molar-refractivity contribution is 9.10. The van der Waals surface area contributed by atoms with Crippen LogP contribution in [0.1, 0.15) is 5.89 Å². The minimum atomic E-state index is -3.68. The molecule has 0 saturated heterocycles. The number of benzene rings is 2. The lowest BCUT2D eigenvalue weighted by Gasteiger charge is -2.00. The number of hydrogen-bond acceptors (Lipinski definition) is 5. The Morgan fingerprint density at radius 2 is 1.70 bits per heavy atom. The topological polar surface area (TPSA) is 73.1 Å². The first kappa shape index (κ1) is 15.8. The predicted octanol–water partition coefficient (Wildman–Crippen LogP) is 3.61. The fraction of sp³-hybridized carbons (Fsp3) is 0.0667. The van der Waals surface area contributed by atoms with Gasteiger partial charge in [-0.3, -0.25) is 0 Å². The molecule has 1 heterocycles. The summed E-state index contributed by atoms with van der Waals surface area (Å²) in [5.41, 5.74) is 0.711. The van der Waals surface area contributed by atoms with Crippen molar-refractivity contribution in [2.45, 2.75) is 10.6 Å². The lowest BCUT2D eigenvalue weighted by atomic mass is 10.2. The van der Waals surface area contributed by atoms with E-state index in [0.717, 1.165) is 16.6 Å². The monoisotopic (exact) mass is 396 g/mol. The maximum absolute atomic E-state index is 12.9. The molecular weight excluding hydrogens is 387 g/mol. The molecule has 0 N–H and O–H groups in total. The molecule has 0 saturated carbocycles. The van der Waals surface area contributed by atoms with Crippen molar-refractivity contribution >= 4 is 25.8 Å². The van der Waals surface area contributed by atoms with Crippen LogP contribution >= 0.6 is 15.9 Å². The molecule has 3 rings (SSSR count). The zero-order valence-corrected chi connectivity index (χ0v) is 14.0. The smallest absolute Gasteiger partial charge is 0.242 e. The minimum Gasteiger partial charge on any atom is -0.338 e. The fourth-order valence-corrected chi connectivity index (χ4v) is 3.34. The van der Waals surface area contributed by atoms with Crippen LogP contribution in [0.3, 0.4) is 0 Å². The van der Waals surface area contributed by atoms with E-state index in [-0.39, 0.29) is 10.8 Å². The SMILES string of the molecule is O=S(=O)(Cc1nc(-c2ccc(Br)cc2)no1)c1ccc(F)cc1. The van der Waals surface area contributed by atoms with E-state index in [4.69, 9.17) is 4.52 Å². The minimum absolute atomic E-state index is 0.00212. The van der Waals surface area contributed by atoms with Gasteiger partial charge in [0, 0.05) is 10.0 Å². The van der Waals surface area contributed by atoms with Crippen molar-refractivity contribution in [1.82, 2.24) is 10.1 Å². The van der Waals surface area contributed by atoms with Crippen molar-refractivity contribution in [2.24, 2.45) is 0 Å². The highest BCUT2D eigenvalue weighted by Crippen LogP contribution is 2.21. The summed E-state index contributed by atoms with van der Waals surface area (Å²) < 4.78 is 43.3. The molecule has 1 aromatic heterocycles. The van der Waals surface area contributed by atoms with E-state index in [2.05, 4.69) is 26.1 Å². The number of hydrogen-bond donors (Lipinski definition) is 0. The van der Waals surface area contributed by atoms with Crippen LogP contribution in [0.4, 0.5) is 4.39 Å². The molecule has 0 atom stereocenters. The Morgan fingerprint density at radius 3 is 2.35 bits per heavy atom. The molecule has 23 heavy (non-hydrogen) atoms. The summed E-state index contributed by atoms with van der Waals surface area (Å²) >= 11 is 3.32. The molecule has 0 aliphatic heterocycles. The number of rotatable bonds is 4. The quantitative estimate of drug-likeness (QED) is 0.629. The van der Waals surface area contributed by atoms with E-state index in [1.54, 1.807) is 12.1 Å². The van der Waals surface area contributed by atoms with Crippen LogP contribution in [-0.4, -0.2) is 18.6 Å². The van der Waals surface area contributed by atoms with Gasteiger partial charge in [-0.05, 0) is 48.5 Å². The van der Waals surface area contributed by atoms with Gasteiger partial charge in [0.2, 0.25) is 11.7 Å². The van der Waals surface area contributed by atoms with Crippen LogP contribution in [0, 0.1) is 5.82 Å². The molecule has 0 fully saturated rings. The molecule has 0 bridgehead atoms. The van der Waals surface area contributed by atoms with Crippen molar-refractivity contribution < 1.29 is 17.3 Å². The van der Waals surface area contributed by atoms with Gasteiger partial charge in [0.15, 0.2) is 9.84 Å². The van der Waals surface area contributed by atoms with Gasteiger partial charge in [0.25, 0.3) is 0 Å². The maximum Gasteiger partial charge on any atom is 0.242 e. The van der Waals surface area contributed by atoms with Crippen LogP contribution in [0.15, 0.2) is 62.4 Å². The average molecular weight is 397 g/mol. The zero-order valence-electron chi connectivity index (χ0n) is 11.6. The Kier molecular flexibility index (Phi) is 4.27.